The highest BCUT2D eigenvalue weighted by Crippen LogP contribution is 2.32. The van der Waals surface area contributed by atoms with Gasteiger partial charge in [-0.25, -0.2) is 0 Å². The zero-order valence-corrected chi connectivity index (χ0v) is 10.2. The van der Waals surface area contributed by atoms with E-state index < -0.39 is 0 Å². The predicted molar refractivity (Wildman–Crippen MR) is 67.1 cm³/mol. The molecular weight excluding hydrogens is 198 g/mol. The number of rotatable bonds is 5. The summed E-state index contributed by atoms with van der Waals surface area (Å²) in [5.74, 6) is 1.59. The topological polar surface area (TPSA) is 21.3 Å². The fraction of sp³-hybridized carbons (Fsp3) is 0.571. The number of ether oxygens (including phenoxy) is 1. The Morgan fingerprint density at radius 2 is 2.06 bits per heavy atom. The maximum absolute atomic E-state index is 5.67. The van der Waals surface area contributed by atoms with Crippen LogP contribution in [0.5, 0.6) is 5.75 Å². The second-order valence-corrected chi connectivity index (χ2v) is 4.47. The van der Waals surface area contributed by atoms with Crippen LogP contribution in [0, 0.1) is 0 Å². The van der Waals surface area contributed by atoms with Crippen LogP contribution >= 0.6 is 0 Å². The number of hydrogen-bond acceptors (Lipinski definition) is 2. The fourth-order valence-corrected chi connectivity index (χ4v) is 2.28. The first-order chi connectivity index (χ1) is 7.85. The maximum Gasteiger partial charge on any atom is 0.122 e. The highest BCUT2D eigenvalue weighted by Gasteiger charge is 2.23. The van der Waals surface area contributed by atoms with Gasteiger partial charge in [0.05, 0.1) is 6.61 Å². The molecule has 0 saturated heterocycles. The Hall–Kier alpha value is -1.02. The van der Waals surface area contributed by atoms with Crippen LogP contribution in [0.25, 0.3) is 0 Å². The van der Waals surface area contributed by atoms with Gasteiger partial charge in [-0.05, 0) is 18.9 Å². The first-order valence-corrected chi connectivity index (χ1v) is 6.30. The van der Waals surface area contributed by atoms with Gasteiger partial charge in [-0.2, -0.15) is 0 Å². The average molecular weight is 219 g/mol. The van der Waals surface area contributed by atoms with Gasteiger partial charge in [0.25, 0.3) is 0 Å². The third-order valence-electron chi connectivity index (χ3n) is 3.44. The van der Waals surface area contributed by atoms with Gasteiger partial charge >= 0.3 is 0 Å². The van der Waals surface area contributed by atoms with Crippen LogP contribution in [0.1, 0.15) is 38.2 Å². The second-order valence-electron chi connectivity index (χ2n) is 4.47. The summed E-state index contributed by atoms with van der Waals surface area (Å²) >= 11 is 0. The number of benzene rings is 1. The van der Waals surface area contributed by atoms with Crippen molar-refractivity contribution in [3.8, 4) is 5.75 Å². The lowest BCUT2D eigenvalue weighted by molar-refractivity contribution is 0.320. The molecule has 1 N–H and O–H groups in total. The monoisotopic (exact) mass is 219 g/mol. The van der Waals surface area contributed by atoms with Gasteiger partial charge in [0, 0.05) is 24.1 Å². The Bertz CT molecular complexity index is 333. The zero-order valence-electron chi connectivity index (χ0n) is 10.2. The van der Waals surface area contributed by atoms with Crippen molar-refractivity contribution in [2.24, 2.45) is 0 Å². The van der Waals surface area contributed by atoms with E-state index in [0.29, 0.717) is 12.0 Å². The second kappa shape index (κ2) is 5.35. The maximum atomic E-state index is 5.67. The van der Waals surface area contributed by atoms with E-state index in [1.807, 2.05) is 6.07 Å². The minimum absolute atomic E-state index is 0.525. The molecule has 0 radical (unpaired) electrons. The van der Waals surface area contributed by atoms with E-state index in [2.05, 4.69) is 37.4 Å². The Morgan fingerprint density at radius 1 is 1.31 bits per heavy atom. The molecule has 2 rings (SSSR count). The lowest BCUT2D eigenvalue weighted by atomic mass is 10.0. The third-order valence-corrected chi connectivity index (χ3v) is 3.44. The number of para-hydroxylation sites is 1. The van der Waals surface area contributed by atoms with Gasteiger partial charge in [-0.3, -0.25) is 0 Å². The quantitative estimate of drug-likeness (QED) is 0.822. The van der Waals surface area contributed by atoms with Crippen LogP contribution in [0.3, 0.4) is 0 Å². The highest BCUT2D eigenvalue weighted by molar-refractivity contribution is 5.39. The zero-order chi connectivity index (χ0) is 11.4. The molecule has 0 bridgehead atoms. The average Bonchev–Trinajstić information content (AvgIpc) is 2.74. The molecule has 16 heavy (non-hydrogen) atoms. The molecule has 0 aliphatic carbocycles. The van der Waals surface area contributed by atoms with Gasteiger partial charge in [0.2, 0.25) is 0 Å². The molecule has 2 heteroatoms. The van der Waals surface area contributed by atoms with Crippen LogP contribution < -0.4 is 10.1 Å². The van der Waals surface area contributed by atoms with Crippen LogP contribution in [-0.2, 0) is 0 Å². The molecule has 1 aliphatic heterocycles. The Kier molecular flexibility index (Phi) is 3.83. The summed E-state index contributed by atoms with van der Waals surface area (Å²) in [4.78, 5) is 0. The van der Waals surface area contributed by atoms with Gasteiger partial charge in [0.1, 0.15) is 5.75 Å². The van der Waals surface area contributed by atoms with Crippen molar-refractivity contribution < 1.29 is 4.74 Å². The minimum Gasteiger partial charge on any atom is -0.493 e. The summed E-state index contributed by atoms with van der Waals surface area (Å²) in [6, 6.07) is 9.02. The molecule has 0 amide bonds. The Balaban J connectivity index is 1.93. The molecule has 1 atom stereocenters. The van der Waals surface area contributed by atoms with E-state index in [4.69, 9.17) is 4.74 Å². The molecule has 1 aromatic carbocycles. The largest absolute Gasteiger partial charge is 0.493 e. The molecule has 88 valence electrons. The van der Waals surface area contributed by atoms with Gasteiger partial charge < -0.3 is 10.1 Å². The Morgan fingerprint density at radius 3 is 2.81 bits per heavy atom. The van der Waals surface area contributed by atoms with Gasteiger partial charge in [0.15, 0.2) is 0 Å². The van der Waals surface area contributed by atoms with Crippen LogP contribution in [-0.4, -0.2) is 19.2 Å². The minimum atomic E-state index is 0.525. The fourth-order valence-electron chi connectivity index (χ4n) is 2.28. The molecule has 1 heterocycles. The summed E-state index contributed by atoms with van der Waals surface area (Å²) in [5.41, 5.74) is 1.36. The smallest absolute Gasteiger partial charge is 0.122 e. The standard InChI is InChI=1S/C14H21NO/c1-3-12(4-2)15-9-11-10-16-14-8-6-5-7-13(11)14/h5-8,11-12,15H,3-4,9-10H2,1-2H3. The summed E-state index contributed by atoms with van der Waals surface area (Å²) < 4.78 is 5.67. The summed E-state index contributed by atoms with van der Waals surface area (Å²) in [7, 11) is 0. The summed E-state index contributed by atoms with van der Waals surface area (Å²) in [6.45, 7) is 6.33. The summed E-state index contributed by atoms with van der Waals surface area (Å²) in [5, 5.41) is 3.62. The molecule has 0 saturated carbocycles. The summed E-state index contributed by atoms with van der Waals surface area (Å²) in [6.07, 6.45) is 2.40. The van der Waals surface area contributed by atoms with E-state index in [-0.39, 0.29) is 0 Å². The normalized spacial score (nSPS) is 18.6. The van der Waals surface area contributed by atoms with Crippen LogP contribution in [0.4, 0.5) is 0 Å². The van der Waals surface area contributed by atoms with Crippen LogP contribution in [0.2, 0.25) is 0 Å². The first kappa shape index (κ1) is 11.5. The molecule has 1 aliphatic rings. The SMILES string of the molecule is CCC(CC)NCC1COc2ccccc21. The molecular formula is C14H21NO. The molecule has 0 fully saturated rings. The lowest BCUT2D eigenvalue weighted by Crippen LogP contribution is -2.32. The molecule has 0 spiro atoms. The van der Waals surface area contributed by atoms with Crippen molar-refractivity contribution in [3.05, 3.63) is 29.8 Å². The van der Waals surface area contributed by atoms with E-state index in [1.165, 1.54) is 18.4 Å². The molecule has 1 aromatic rings. The van der Waals surface area contributed by atoms with Crippen molar-refractivity contribution in [1.29, 1.82) is 0 Å². The van der Waals surface area contributed by atoms with E-state index in [1.54, 1.807) is 0 Å². The van der Waals surface area contributed by atoms with Crippen molar-refractivity contribution >= 4 is 0 Å². The molecule has 1 unspecified atom stereocenters. The Labute approximate surface area is 98.0 Å². The van der Waals surface area contributed by atoms with Crippen molar-refractivity contribution in [1.82, 2.24) is 5.32 Å². The highest BCUT2D eigenvalue weighted by atomic mass is 16.5. The third kappa shape index (κ3) is 2.38. The predicted octanol–water partition coefficient (Wildman–Crippen LogP) is 2.94. The van der Waals surface area contributed by atoms with E-state index in [9.17, 15) is 0 Å². The number of nitrogens with one attached hydrogen (secondary N) is 1. The van der Waals surface area contributed by atoms with Crippen LogP contribution in [0.15, 0.2) is 24.3 Å². The number of hydrogen-bond donors (Lipinski definition) is 1. The van der Waals surface area contributed by atoms with Crippen molar-refractivity contribution in [3.63, 3.8) is 0 Å². The lowest BCUT2D eigenvalue weighted by Gasteiger charge is -2.17. The van der Waals surface area contributed by atoms with Gasteiger partial charge in [-0.1, -0.05) is 32.0 Å². The van der Waals surface area contributed by atoms with Gasteiger partial charge in [-0.15, -0.1) is 0 Å². The van der Waals surface area contributed by atoms with E-state index >= 15 is 0 Å². The molecule has 0 aromatic heterocycles. The van der Waals surface area contributed by atoms with E-state index in [0.717, 1.165) is 18.9 Å². The van der Waals surface area contributed by atoms with Crippen molar-refractivity contribution in [2.45, 2.75) is 38.6 Å². The number of fused-ring (bicyclic) bond motifs is 1. The first-order valence-electron chi connectivity index (χ1n) is 6.30. The van der Waals surface area contributed by atoms with Crippen molar-refractivity contribution in [2.75, 3.05) is 13.2 Å². The molecule has 2 nitrogen and oxygen atoms in total.